The first-order valence-electron chi connectivity index (χ1n) is 6.18. The van der Waals surface area contributed by atoms with Gasteiger partial charge >= 0.3 is 0 Å². The first-order valence-corrected chi connectivity index (χ1v) is 6.59. The van der Waals surface area contributed by atoms with E-state index in [1.165, 1.54) is 6.42 Å². The second-order valence-corrected chi connectivity index (χ2v) is 5.01. The Morgan fingerprint density at radius 2 is 2.00 bits per heavy atom. The van der Waals surface area contributed by atoms with E-state index < -0.39 is 0 Å². The Hall–Kier alpha value is -0.640. The molecule has 1 aliphatic rings. The third-order valence-corrected chi connectivity index (χ3v) is 3.84. The lowest BCUT2D eigenvalue weighted by Gasteiger charge is -2.33. The van der Waals surface area contributed by atoms with E-state index in [4.69, 9.17) is 18.0 Å². The van der Waals surface area contributed by atoms with Gasteiger partial charge in [-0.05, 0) is 25.2 Å². The molecule has 0 aromatic heterocycles. The summed E-state index contributed by atoms with van der Waals surface area (Å²) in [5, 5.41) is 0. The molecule has 1 amide bonds. The van der Waals surface area contributed by atoms with Crippen LogP contribution in [-0.4, -0.2) is 28.9 Å². The number of piperidine rings is 1. The summed E-state index contributed by atoms with van der Waals surface area (Å²) in [6.07, 6.45) is 4.17. The molecule has 0 saturated carbocycles. The molecular formula is C12H22N2OS. The lowest BCUT2D eigenvalue weighted by molar-refractivity contribution is -0.134. The topological polar surface area (TPSA) is 46.3 Å². The minimum atomic E-state index is -0.256. The van der Waals surface area contributed by atoms with E-state index in [0.717, 1.165) is 31.8 Å². The van der Waals surface area contributed by atoms with Gasteiger partial charge in [0.2, 0.25) is 5.91 Å². The van der Waals surface area contributed by atoms with Crippen LogP contribution >= 0.6 is 12.2 Å². The quantitative estimate of drug-likeness (QED) is 0.766. The number of hydrogen-bond donors (Lipinski definition) is 1. The number of hydrogen-bond acceptors (Lipinski definition) is 2. The summed E-state index contributed by atoms with van der Waals surface area (Å²) in [4.78, 5) is 14.4. The van der Waals surface area contributed by atoms with Crippen LogP contribution in [0, 0.1) is 11.8 Å². The molecule has 0 bridgehead atoms. The monoisotopic (exact) mass is 242 g/mol. The molecule has 0 spiro atoms. The minimum Gasteiger partial charge on any atom is -0.393 e. The molecule has 0 aromatic rings. The van der Waals surface area contributed by atoms with E-state index in [1.807, 2.05) is 11.8 Å². The number of nitrogens with zero attached hydrogens (tertiary/aromatic N) is 1. The Kier molecular flexibility index (Phi) is 5.19. The maximum Gasteiger partial charge on any atom is 0.232 e. The number of amides is 1. The van der Waals surface area contributed by atoms with E-state index in [2.05, 4.69) is 6.92 Å². The van der Waals surface area contributed by atoms with Crippen molar-refractivity contribution in [1.29, 1.82) is 0 Å². The van der Waals surface area contributed by atoms with Crippen LogP contribution in [0.25, 0.3) is 0 Å². The standard InChI is InChI=1S/C12H22N2OS/c1-3-9-5-7-14(8-6-9)12(15)10(4-2)11(13)16/h9-10H,3-8H2,1-2H3,(H2,13,16). The van der Waals surface area contributed by atoms with Gasteiger partial charge in [0, 0.05) is 13.1 Å². The molecule has 92 valence electrons. The summed E-state index contributed by atoms with van der Waals surface area (Å²) in [7, 11) is 0. The van der Waals surface area contributed by atoms with Gasteiger partial charge in [0.05, 0.1) is 10.9 Å². The molecular weight excluding hydrogens is 220 g/mol. The molecule has 4 heteroatoms. The highest BCUT2D eigenvalue weighted by molar-refractivity contribution is 7.80. The lowest BCUT2D eigenvalue weighted by atomic mass is 9.93. The first-order chi connectivity index (χ1) is 7.60. The van der Waals surface area contributed by atoms with Gasteiger partial charge in [-0.1, -0.05) is 32.5 Å². The van der Waals surface area contributed by atoms with Gasteiger partial charge < -0.3 is 10.6 Å². The maximum atomic E-state index is 12.1. The summed E-state index contributed by atoms with van der Waals surface area (Å²) in [5.74, 6) is 0.659. The fourth-order valence-electron chi connectivity index (χ4n) is 2.28. The SMILES string of the molecule is CCC1CCN(C(=O)C(CC)C(N)=S)CC1. The van der Waals surface area contributed by atoms with E-state index in [-0.39, 0.29) is 11.8 Å². The largest absolute Gasteiger partial charge is 0.393 e. The Morgan fingerprint density at radius 3 is 2.38 bits per heavy atom. The number of carbonyl (C=O) groups excluding carboxylic acids is 1. The van der Waals surface area contributed by atoms with Crippen LogP contribution in [0.1, 0.15) is 39.5 Å². The smallest absolute Gasteiger partial charge is 0.232 e. The van der Waals surface area contributed by atoms with Gasteiger partial charge in [-0.3, -0.25) is 4.79 Å². The molecule has 1 aliphatic heterocycles. The molecule has 1 saturated heterocycles. The lowest BCUT2D eigenvalue weighted by Crippen LogP contribution is -2.44. The fourth-order valence-corrected chi connectivity index (χ4v) is 2.55. The average molecular weight is 242 g/mol. The van der Waals surface area contributed by atoms with Gasteiger partial charge in [-0.15, -0.1) is 0 Å². The van der Waals surface area contributed by atoms with Gasteiger partial charge in [0.25, 0.3) is 0 Å². The third kappa shape index (κ3) is 3.17. The Morgan fingerprint density at radius 1 is 1.44 bits per heavy atom. The van der Waals surface area contributed by atoms with Crippen molar-refractivity contribution in [3.8, 4) is 0 Å². The summed E-state index contributed by atoms with van der Waals surface area (Å²) >= 11 is 4.94. The van der Waals surface area contributed by atoms with Crippen LogP contribution in [0.5, 0.6) is 0 Å². The molecule has 16 heavy (non-hydrogen) atoms. The summed E-state index contributed by atoms with van der Waals surface area (Å²) in [6.45, 7) is 5.92. The molecule has 1 heterocycles. The van der Waals surface area contributed by atoms with Crippen molar-refractivity contribution in [1.82, 2.24) is 4.90 Å². The average Bonchev–Trinajstić information content (AvgIpc) is 2.29. The number of nitrogens with two attached hydrogens (primary N) is 1. The first kappa shape index (κ1) is 13.4. The highest BCUT2D eigenvalue weighted by Crippen LogP contribution is 2.21. The summed E-state index contributed by atoms with van der Waals surface area (Å²) in [6, 6.07) is 0. The van der Waals surface area contributed by atoms with Crippen molar-refractivity contribution in [2.24, 2.45) is 17.6 Å². The normalized spacial score (nSPS) is 19.5. The van der Waals surface area contributed by atoms with Crippen molar-refractivity contribution < 1.29 is 4.79 Å². The fraction of sp³-hybridized carbons (Fsp3) is 0.833. The van der Waals surface area contributed by atoms with E-state index in [0.29, 0.717) is 11.4 Å². The Balaban J connectivity index is 2.52. The number of rotatable bonds is 4. The molecule has 1 fully saturated rings. The number of likely N-dealkylation sites (tertiary alicyclic amines) is 1. The van der Waals surface area contributed by atoms with Gasteiger partial charge in [-0.25, -0.2) is 0 Å². The molecule has 2 N–H and O–H groups in total. The maximum absolute atomic E-state index is 12.1. The van der Waals surface area contributed by atoms with Crippen molar-refractivity contribution in [3.05, 3.63) is 0 Å². The Labute approximate surface area is 103 Å². The van der Waals surface area contributed by atoms with Crippen LogP contribution in [0.2, 0.25) is 0 Å². The van der Waals surface area contributed by atoms with Crippen LogP contribution < -0.4 is 5.73 Å². The van der Waals surface area contributed by atoms with Crippen molar-refractivity contribution in [2.45, 2.75) is 39.5 Å². The van der Waals surface area contributed by atoms with Crippen LogP contribution in [0.3, 0.4) is 0 Å². The predicted molar refractivity (Wildman–Crippen MR) is 70.2 cm³/mol. The molecule has 3 nitrogen and oxygen atoms in total. The van der Waals surface area contributed by atoms with Crippen molar-refractivity contribution in [3.63, 3.8) is 0 Å². The van der Waals surface area contributed by atoms with Crippen molar-refractivity contribution >= 4 is 23.1 Å². The Bertz CT molecular complexity index is 260. The van der Waals surface area contributed by atoms with Gasteiger partial charge in [0.15, 0.2) is 0 Å². The van der Waals surface area contributed by atoms with Crippen LogP contribution in [-0.2, 0) is 4.79 Å². The van der Waals surface area contributed by atoms with Crippen LogP contribution in [0.4, 0.5) is 0 Å². The molecule has 1 atom stereocenters. The molecule has 0 aromatic carbocycles. The minimum absolute atomic E-state index is 0.129. The van der Waals surface area contributed by atoms with Crippen LogP contribution in [0.15, 0.2) is 0 Å². The summed E-state index contributed by atoms with van der Waals surface area (Å²) in [5.41, 5.74) is 5.59. The van der Waals surface area contributed by atoms with E-state index in [1.54, 1.807) is 0 Å². The van der Waals surface area contributed by atoms with Gasteiger partial charge in [0.1, 0.15) is 0 Å². The molecule has 0 aliphatic carbocycles. The predicted octanol–water partition coefficient (Wildman–Crippen LogP) is 1.95. The zero-order valence-corrected chi connectivity index (χ0v) is 11.1. The van der Waals surface area contributed by atoms with Gasteiger partial charge in [-0.2, -0.15) is 0 Å². The number of thiocarbonyl (C=S) groups is 1. The second kappa shape index (κ2) is 6.18. The summed E-state index contributed by atoms with van der Waals surface area (Å²) < 4.78 is 0. The second-order valence-electron chi connectivity index (χ2n) is 4.54. The molecule has 0 radical (unpaired) electrons. The molecule has 1 rings (SSSR count). The molecule has 1 unspecified atom stereocenters. The zero-order valence-electron chi connectivity index (χ0n) is 10.2. The number of carbonyl (C=O) groups is 1. The zero-order chi connectivity index (χ0) is 12.1. The van der Waals surface area contributed by atoms with Crippen molar-refractivity contribution in [2.75, 3.05) is 13.1 Å². The third-order valence-electron chi connectivity index (χ3n) is 3.55. The highest BCUT2D eigenvalue weighted by Gasteiger charge is 2.28. The highest BCUT2D eigenvalue weighted by atomic mass is 32.1. The van der Waals surface area contributed by atoms with E-state index in [9.17, 15) is 4.79 Å². The van der Waals surface area contributed by atoms with E-state index >= 15 is 0 Å².